The van der Waals surface area contributed by atoms with Crippen LogP contribution in [-0.4, -0.2) is 17.9 Å². The van der Waals surface area contributed by atoms with Crippen molar-refractivity contribution < 1.29 is 9.59 Å². The molecule has 0 spiro atoms. The van der Waals surface area contributed by atoms with Gasteiger partial charge in [-0.15, -0.1) is 0 Å². The van der Waals surface area contributed by atoms with Crippen LogP contribution in [0.5, 0.6) is 0 Å². The Morgan fingerprint density at radius 2 is 1.64 bits per heavy atom. The highest BCUT2D eigenvalue weighted by molar-refractivity contribution is 6.30. The number of carbonyl (C=O) groups is 2. The number of carbonyl (C=O) groups excluding carboxylic acids is 2. The second-order valence-electron chi connectivity index (χ2n) is 5.17. The third-order valence-corrected chi connectivity index (χ3v) is 3.16. The Balaban J connectivity index is 2.11. The van der Waals surface area contributed by atoms with Gasteiger partial charge < -0.3 is 10.6 Å². The summed E-state index contributed by atoms with van der Waals surface area (Å²) in [6, 6.07) is 13.5. The highest BCUT2D eigenvalue weighted by Crippen LogP contribution is 2.14. The molecule has 0 bridgehead atoms. The van der Waals surface area contributed by atoms with E-state index in [9.17, 15) is 9.59 Å². The fraction of sp³-hybridized carbons (Fsp3) is 0.176. The van der Waals surface area contributed by atoms with Crippen molar-refractivity contribution in [3.63, 3.8) is 0 Å². The minimum atomic E-state index is -0.252. The molecule has 2 rings (SSSR count). The van der Waals surface area contributed by atoms with Gasteiger partial charge >= 0.3 is 0 Å². The number of hydrogen-bond donors (Lipinski definition) is 2. The van der Waals surface area contributed by atoms with Crippen LogP contribution in [0.15, 0.2) is 48.5 Å². The van der Waals surface area contributed by atoms with Gasteiger partial charge in [0.05, 0.1) is 0 Å². The quantitative estimate of drug-likeness (QED) is 0.903. The molecule has 0 aromatic heterocycles. The molecule has 2 aromatic carbocycles. The van der Waals surface area contributed by atoms with Crippen molar-refractivity contribution in [1.82, 2.24) is 5.32 Å². The number of rotatable bonds is 4. The van der Waals surface area contributed by atoms with Gasteiger partial charge in [0.2, 0.25) is 0 Å². The molecule has 0 atom stereocenters. The third-order valence-electron chi connectivity index (χ3n) is 2.91. The van der Waals surface area contributed by atoms with Crippen LogP contribution < -0.4 is 10.6 Å². The molecule has 0 saturated carbocycles. The van der Waals surface area contributed by atoms with Crippen LogP contribution in [0.1, 0.15) is 34.6 Å². The SMILES string of the molecule is CC(C)NC(=O)c1cccc(NC(=O)c2ccc(Cl)cc2)c1. The van der Waals surface area contributed by atoms with Crippen LogP contribution in [-0.2, 0) is 0 Å². The number of halogens is 1. The first-order valence-electron chi connectivity index (χ1n) is 6.93. The van der Waals surface area contributed by atoms with Crippen molar-refractivity contribution in [3.8, 4) is 0 Å². The molecule has 2 N–H and O–H groups in total. The lowest BCUT2D eigenvalue weighted by molar-refractivity contribution is 0.0942. The van der Waals surface area contributed by atoms with Crippen LogP contribution in [0.3, 0.4) is 0 Å². The molecule has 114 valence electrons. The predicted molar refractivity (Wildman–Crippen MR) is 88.4 cm³/mol. The number of nitrogens with one attached hydrogen (secondary N) is 2. The molecule has 4 nitrogen and oxygen atoms in total. The van der Waals surface area contributed by atoms with Crippen LogP contribution in [0.25, 0.3) is 0 Å². The Morgan fingerprint density at radius 1 is 0.955 bits per heavy atom. The van der Waals surface area contributed by atoms with Crippen molar-refractivity contribution in [3.05, 3.63) is 64.7 Å². The first kappa shape index (κ1) is 16.0. The molecule has 2 amide bonds. The summed E-state index contributed by atoms with van der Waals surface area (Å²) in [4.78, 5) is 24.1. The zero-order chi connectivity index (χ0) is 16.1. The van der Waals surface area contributed by atoms with Crippen molar-refractivity contribution in [2.45, 2.75) is 19.9 Å². The molecule has 5 heteroatoms. The lowest BCUT2D eigenvalue weighted by Crippen LogP contribution is -2.30. The molecule has 22 heavy (non-hydrogen) atoms. The van der Waals surface area contributed by atoms with Gasteiger partial charge in [-0.1, -0.05) is 17.7 Å². The fourth-order valence-electron chi connectivity index (χ4n) is 1.89. The van der Waals surface area contributed by atoms with Gasteiger partial charge in [0, 0.05) is 27.9 Å². The van der Waals surface area contributed by atoms with Crippen molar-refractivity contribution in [2.75, 3.05) is 5.32 Å². The number of hydrogen-bond acceptors (Lipinski definition) is 2. The minimum Gasteiger partial charge on any atom is -0.350 e. The van der Waals surface area contributed by atoms with Crippen LogP contribution >= 0.6 is 11.6 Å². The van der Waals surface area contributed by atoms with Gasteiger partial charge in [-0.3, -0.25) is 9.59 Å². The predicted octanol–water partition coefficient (Wildman–Crippen LogP) is 3.73. The Bertz CT molecular complexity index is 681. The average Bonchev–Trinajstić information content (AvgIpc) is 2.47. The summed E-state index contributed by atoms with van der Waals surface area (Å²) < 4.78 is 0. The fourth-order valence-corrected chi connectivity index (χ4v) is 2.01. The summed E-state index contributed by atoms with van der Waals surface area (Å²) in [5.41, 5.74) is 1.57. The maximum absolute atomic E-state index is 12.1. The molecule has 0 unspecified atom stereocenters. The molecule has 2 aromatic rings. The van der Waals surface area contributed by atoms with Gasteiger partial charge in [-0.25, -0.2) is 0 Å². The van der Waals surface area contributed by atoms with E-state index >= 15 is 0 Å². The van der Waals surface area contributed by atoms with Crippen molar-refractivity contribution in [2.24, 2.45) is 0 Å². The Morgan fingerprint density at radius 3 is 2.27 bits per heavy atom. The van der Waals surface area contributed by atoms with E-state index in [-0.39, 0.29) is 17.9 Å². The normalized spacial score (nSPS) is 10.4. The summed E-state index contributed by atoms with van der Waals surface area (Å²) in [6.07, 6.45) is 0. The minimum absolute atomic E-state index is 0.0554. The largest absolute Gasteiger partial charge is 0.350 e. The summed E-state index contributed by atoms with van der Waals surface area (Å²) in [6.45, 7) is 3.79. The standard InChI is InChI=1S/C17H17ClN2O2/c1-11(2)19-17(22)13-4-3-5-15(10-13)20-16(21)12-6-8-14(18)9-7-12/h3-11H,1-2H3,(H,19,22)(H,20,21). The first-order valence-corrected chi connectivity index (χ1v) is 7.31. The molecular formula is C17H17ClN2O2. The van der Waals surface area contributed by atoms with Gasteiger partial charge in [-0.05, 0) is 56.3 Å². The first-order chi connectivity index (χ1) is 10.5. The maximum Gasteiger partial charge on any atom is 0.255 e. The van der Waals surface area contributed by atoms with Gasteiger partial charge in [-0.2, -0.15) is 0 Å². The van der Waals surface area contributed by atoms with Crippen LogP contribution in [0.2, 0.25) is 5.02 Å². The molecule has 0 saturated heterocycles. The zero-order valence-corrected chi connectivity index (χ0v) is 13.1. The van der Waals surface area contributed by atoms with E-state index in [0.29, 0.717) is 21.8 Å². The van der Waals surface area contributed by atoms with Crippen LogP contribution in [0, 0.1) is 0 Å². The van der Waals surface area contributed by atoms with Gasteiger partial charge in [0.1, 0.15) is 0 Å². The molecular weight excluding hydrogens is 300 g/mol. The Labute approximate surface area is 134 Å². The second kappa shape index (κ2) is 7.09. The topological polar surface area (TPSA) is 58.2 Å². The van der Waals surface area contributed by atoms with E-state index in [4.69, 9.17) is 11.6 Å². The monoisotopic (exact) mass is 316 g/mol. The summed E-state index contributed by atoms with van der Waals surface area (Å²) in [5.74, 6) is -0.421. The highest BCUT2D eigenvalue weighted by Gasteiger charge is 2.10. The summed E-state index contributed by atoms with van der Waals surface area (Å²) in [7, 11) is 0. The van der Waals surface area contributed by atoms with E-state index in [2.05, 4.69) is 10.6 Å². The van der Waals surface area contributed by atoms with E-state index in [1.54, 1.807) is 48.5 Å². The second-order valence-corrected chi connectivity index (χ2v) is 5.61. The Hall–Kier alpha value is -2.33. The van der Waals surface area contributed by atoms with Crippen LogP contribution in [0.4, 0.5) is 5.69 Å². The molecule has 0 aliphatic rings. The maximum atomic E-state index is 12.1. The highest BCUT2D eigenvalue weighted by atomic mass is 35.5. The smallest absolute Gasteiger partial charge is 0.255 e. The van der Waals surface area contributed by atoms with E-state index in [1.165, 1.54) is 0 Å². The van der Waals surface area contributed by atoms with Crippen molar-refractivity contribution >= 4 is 29.1 Å². The number of anilines is 1. The van der Waals surface area contributed by atoms with E-state index in [0.717, 1.165) is 0 Å². The van der Waals surface area contributed by atoms with Gasteiger partial charge in [0.25, 0.3) is 11.8 Å². The summed E-state index contributed by atoms with van der Waals surface area (Å²) >= 11 is 5.80. The molecule has 0 heterocycles. The zero-order valence-electron chi connectivity index (χ0n) is 12.4. The van der Waals surface area contributed by atoms with E-state index in [1.807, 2.05) is 13.8 Å². The average molecular weight is 317 g/mol. The van der Waals surface area contributed by atoms with E-state index < -0.39 is 0 Å². The molecule has 0 aliphatic carbocycles. The van der Waals surface area contributed by atoms with Gasteiger partial charge in [0.15, 0.2) is 0 Å². The van der Waals surface area contributed by atoms with Crippen molar-refractivity contribution in [1.29, 1.82) is 0 Å². The molecule has 0 fully saturated rings. The third kappa shape index (κ3) is 4.33. The Kier molecular flexibility index (Phi) is 5.17. The number of benzene rings is 2. The lowest BCUT2D eigenvalue weighted by Gasteiger charge is -2.10. The number of amides is 2. The lowest BCUT2D eigenvalue weighted by atomic mass is 10.1. The summed E-state index contributed by atoms with van der Waals surface area (Å²) in [5, 5.41) is 6.15. The molecule has 0 aliphatic heterocycles. The molecule has 0 radical (unpaired) electrons.